The van der Waals surface area contributed by atoms with Crippen molar-refractivity contribution in [1.82, 2.24) is 20.3 Å². The van der Waals surface area contributed by atoms with Crippen molar-refractivity contribution in [2.75, 3.05) is 0 Å². The Labute approximate surface area is 102 Å². The summed E-state index contributed by atoms with van der Waals surface area (Å²) in [6.45, 7) is 9.63. The lowest BCUT2D eigenvalue weighted by molar-refractivity contribution is -0.123. The van der Waals surface area contributed by atoms with Crippen LogP contribution in [0.2, 0.25) is 0 Å². The Morgan fingerprint density at radius 2 is 2.00 bits per heavy atom. The highest BCUT2D eigenvalue weighted by Gasteiger charge is 2.19. The highest BCUT2D eigenvalue weighted by molar-refractivity contribution is 5.76. The third-order valence-corrected chi connectivity index (χ3v) is 2.02. The van der Waals surface area contributed by atoms with Gasteiger partial charge in [0.25, 0.3) is 0 Å². The number of hydrogen-bond donors (Lipinski definition) is 2. The third-order valence-electron chi connectivity index (χ3n) is 2.02. The molecule has 0 aliphatic carbocycles. The molecule has 1 amide bonds. The lowest BCUT2D eigenvalue weighted by atomic mass is 10.0. The average molecular weight is 239 g/mol. The van der Waals surface area contributed by atoms with Gasteiger partial charge in [0.05, 0.1) is 11.7 Å². The van der Waals surface area contributed by atoms with Crippen LogP contribution in [0.5, 0.6) is 0 Å². The molecular weight excluding hydrogens is 218 g/mol. The van der Waals surface area contributed by atoms with E-state index in [2.05, 4.69) is 15.6 Å². The van der Waals surface area contributed by atoms with Crippen molar-refractivity contribution in [1.29, 1.82) is 0 Å². The summed E-state index contributed by atoms with van der Waals surface area (Å²) in [5.41, 5.74) is 5.77. The fourth-order valence-corrected chi connectivity index (χ4v) is 1.28. The molecule has 1 aromatic heterocycles. The van der Waals surface area contributed by atoms with Gasteiger partial charge in [0.1, 0.15) is 12.2 Å². The molecular formula is C11H21N5O. The average Bonchev–Trinajstić information content (AvgIpc) is 2.47. The Bertz CT molecular complexity index is 397. The van der Waals surface area contributed by atoms with Gasteiger partial charge in [0.15, 0.2) is 0 Å². The van der Waals surface area contributed by atoms with E-state index in [-0.39, 0.29) is 18.0 Å². The molecule has 3 N–H and O–H groups in total. The van der Waals surface area contributed by atoms with Crippen LogP contribution in [0.15, 0.2) is 6.20 Å². The van der Waals surface area contributed by atoms with Crippen LogP contribution >= 0.6 is 0 Å². The summed E-state index contributed by atoms with van der Waals surface area (Å²) >= 11 is 0. The Morgan fingerprint density at radius 1 is 1.41 bits per heavy atom. The minimum atomic E-state index is -0.543. The SMILES string of the molecule is CC(C)(C)NC(=O)Cn1cc(C(C)(C)N)nn1. The normalized spacial score (nSPS) is 12.6. The number of carbonyl (C=O) groups is 1. The van der Waals surface area contributed by atoms with Crippen LogP contribution in [0.4, 0.5) is 0 Å². The Morgan fingerprint density at radius 3 is 2.41 bits per heavy atom. The standard InChI is InChI=1S/C11H21N5O/c1-10(2,3)13-9(17)7-16-6-8(14-15-16)11(4,5)12/h6H,7,12H2,1-5H3,(H,13,17). The van der Waals surface area contributed by atoms with Gasteiger partial charge in [-0.15, -0.1) is 5.10 Å². The van der Waals surface area contributed by atoms with Crippen molar-refractivity contribution in [3.05, 3.63) is 11.9 Å². The van der Waals surface area contributed by atoms with Gasteiger partial charge >= 0.3 is 0 Å². The molecule has 0 saturated carbocycles. The van der Waals surface area contributed by atoms with E-state index in [0.717, 1.165) is 0 Å². The van der Waals surface area contributed by atoms with Gasteiger partial charge in [-0.25, -0.2) is 4.68 Å². The molecule has 1 aromatic rings. The molecule has 1 rings (SSSR count). The van der Waals surface area contributed by atoms with Crippen molar-refractivity contribution in [2.45, 2.75) is 52.2 Å². The van der Waals surface area contributed by atoms with E-state index < -0.39 is 5.54 Å². The first-order chi connectivity index (χ1) is 7.58. The van der Waals surface area contributed by atoms with E-state index in [1.165, 1.54) is 4.68 Å². The quantitative estimate of drug-likeness (QED) is 0.798. The van der Waals surface area contributed by atoms with Gasteiger partial charge in [0, 0.05) is 5.54 Å². The summed E-state index contributed by atoms with van der Waals surface area (Å²) in [5.74, 6) is -0.0937. The molecule has 17 heavy (non-hydrogen) atoms. The maximum absolute atomic E-state index is 11.7. The summed E-state index contributed by atoms with van der Waals surface area (Å²) < 4.78 is 1.49. The molecule has 0 aliphatic heterocycles. The van der Waals surface area contributed by atoms with E-state index in [1.54, 1.807) is 6.20 Å². The zero-order chi connectivity index (χ0) is 13.3. The lowest BCUT2D eigenvalue weighted by Gasteiger charge is -2.20. The summed E-state index contributed by atoms with van der Waals surface area (Å²) in [6, 6.07) is 0. The van der Waals surface area contributed by atoms with Crippen LogP contribution in [0.3, 0.4) is 0 Å². The van der Waals surface area contributed by atoms with Gasteiger partial charge in [-0.1, -0.05) is 5.21 Å². The molecule has 1 heterocycles. The monoisotopic (exact) mass is 239 g/mol. The minimum Gasteiger partial charge on any atom is -0.350 e. The van der Waals surface area contributed by atoms with Crippen LogP contribution in [0.1, 0.15) is 40.3 Å². The smallest absolute Gasteiger partial charge is 0.242 e. The summed E-state index contributed by atoms with van der Waals surface area (Å²) in [7, 11) is 0. The lowest BCUT2D eigenvalue weighted by Crippen LogP contribution is -2.42. The minimum absolute atomic E-state index is 0.0937. The van der Waals surface area contributed by atoms with Gasteiger partial charge in [-0.3, -0.25) is 4.79 Å². The summed E-state index contributed by atoms with van der Waals surface area (Å²) in [5, 5.41) is 10.7. The third kappa shape index (κ3) is 4.52. The number of nitrogens with zero attached hydrogens (tertiary/aromatic N) is 3. The van der Waals surface area contributed by atoms with Crippen LogP contribution < -0.4 is 11.1 Å². The van der Waals surface area contributed by atoms with E-state index >= 15 is 0 Å². The number of hydrogen-bond acceptors (Lipinski definition) is 4. The Hall–Kier alpha value is -1.43. The molecule has 0 fully saturated rings. The number of amides is 1. The molecule has 0 aromatic carbocycles. The van der Waals surface area contributed by atoms with Crippen LogP contribution in [-0.2, 0) is 16.9 Å². The van der Waals surface area contributed by atoms with E-state index in [0.29, 0.717) is 5.69 Å². The maximum atomic E-state index is 11.7. The highest BCUT2D eigenvalue weighted by Crippen LogP contribution is 2.12. The molecule has 0 aliphatic rings. The van der Waals surface area contributed by atoms with Crippen molar-refractivity contribution >= 4 is 5.91 Å². The van der Waals surface area contributed by atoms with Gasteiger partial charge < -0.3 is 11.1 Å². The first kappa shape index (κ1) is 13.6. The number of nitrogens with one attached hydrogen (secondary N) is 1. The Balaban J connectivity index is 2.65. The molecule has 96 valence electrons. The molecule has 0 radical (unpaired) electrons. The topological polar surface area (TPSA) is 85.8 Å². The number of nitrogens with two attached hydrogens (primary N) is 1. The molecule has 0 atom stereocenters. The number of carbonyl (C=O) groups excluding carboxylic acids is 1. The van der Waals surface area contributed by atoms with Crippen LogP contribution in [-0.4, -0.2) is 26.4 Å². The van der Waals surface area contributed by atoms with Crippen molar-refractivity contribution in [3.8, 4) is 0 Å². The maximum Gasteiger partial charge on any atom is 0.242 e. The molecule has 0 bridgehead atoms. The zero-order valence-electron chi connectivity index (χ0n) is 11.1. The van der Waals surface area contributed by atoms with Gasteiger partial charge in [-0.2, -0.15) is 0 Å². The molecule has 6 heteroatoms. The van der Waals surface area contributed by atoms with E-state index in [9.17, 15) is 4.79 Å². The molecule has 0 spiro atoms. The Kier molecular flexibility index (Phi) is 3.56. The van der Waals surface area contributed by atoms with Gasteiger partial charge in [-0.05, 0) is 34.6 Å². The second kappa shape index (κ2) is 4.44. The van der Waals surface area contributed by atoms with Crippen LogP contribution in [0, 0.1) is 0 Å². The van der Waals surface area contributed by atoms with E-state index in [4.69, 9.17) is 5.73 Å². The first-order valence-electron chi connectivity index (χ1n) is 5.58. The highest BCUT2D eigenvalue weighted by atomic mass is 16.2. The number of rotatable bonds is 3. The zero-order valence-corrected chi connectivity index (χ0v) is 11.1. The second-order valence-corrected chi connectivity index (χ2v) is 5.82. The predicted molar refractivity (Wildman–Crippen MR) is 65.1 cm³/mol. The molecule has 0 unspecified atom stereocenters. The first-order valence-corrected chi connectivity index (χ1v) is 5.58. The molecule has 6 nitrogen and oxygen atoms in total. The van der Waals surface area contributed by atoms with Crippen molar-refractivity contribution in [2.24, 2.45) is 5.73 Å². The summed E-state index contributed by atoms with van der Waals surface area (Å²) in [6.07, 6.45) is 1.70. The number of aromatic nitrogens is 3. The predicted octanol–water partition coefficient (Wildman–Crippen LogP) is 0.387. The fraction of sp³-hybridized carbons (Fsp3) is 0.727. The van der Waals surface area contributed by atoms with Crippen molar-refractivity contribution in [3.63, 3.8) is 0 Å². The summed E-state index contributed by atoms with van der Waals surface area (Å²) in [4.78, 5) is 11.7. The van der Waals surface area contributed by atoms with E-state index in [1.807, 2.05) is 34.6 Å². The van der Waals surface area contributed by atoms with Crippen molar-refractivity contribution < 1.29 is 4.79 Å². The van der Waals surface area contributed by atoms with Gasteiger partial charge in [0.2, 0.25) is 5.91 Å². The second-order valence-electron chi connectivity index (χ2n) is 5.82. The fourth-order valence-electron chi connectivity index (χ4n) is 1.28. The molecule has 0 saturated heterocycles. The largest absolute Gasteiger partial charge is 0.350 e. The van der Waals surface area contributed by atoms with Crippen LogP contribution in [0.25, 0.3) is 0 Å².